The zero-order valence-corrected chi connectivity index (χ0v) is 31.4. The van der Waals surface area contributed by atoms with Gasteiger partial charge in [-0.1, -0.05) is 40.5 Å². The Morgan fingerprint density at radius 2 is 0.920 bits per heavy atom. The summed E-state index contributed by atoms with van der Waals surface area (Å²) in [6.07, 6.45) is 16.0. The van der Waals surface area contributed by atoms with E-state index in [2.05, 4.69) is 99.6 Å². The number of aromatic nitrogens is 4. The number of ether oxygens (including phenoxy) is 2. The van der Waals surface area contributed by atoms with Gasteiger partial charge in [-0.25, -0.2) is 0 Å². The van der Waals surface area contributed by atoms with Gasteiger partial charge in [-0.3, -0.25) is 9.59 Å². The van der Waals surface area contributed by atoms with Crippen LogP contribution in [0.15, 0.2) is 0 Å². The Kier molecular flexibility index (Phi) is 12.1. The van der Waals surface area contributed by atoms with E-state index in [4.69, 9.17) is 9.47 Å². The number of nitrogens with one attached hydrogen (secondary N) is 4. The van der Waals surface area contributed by atoms with E-state index in [-0.39, 0.29) is 11.9 Å². The molecule has 4 aromatic rings. The Bertz CT molecular complexity index is 2100. The molecule has 0 saturated heterocycles. The van der Waals surface area contributed by atoms with Gasteiger partial charge >= 0.3 is 11.9 Å². The third kappa shape index (κ3) is 7.95. The van der Waals surface area contributed by atoms with Gasteiger partial charge in [-0.15, -0.1) is 0 Å². The van der Waals surface area contributed by atoms with E-state index < -0.39 is 0 Å². The molecular weight excluding hydrogens is 624 g/mol. The first kappa shape index (κ1) is 36.8. The Labute approximate surface area is 296 Å². The van der Waals surface area contributed by atoms with Crippen molar-refractivity contribution in [3.8, 4) is 0 Å². The van der Waals surface area contributed by atoms with Crippen LogP contribution in [0.5, 0.6) is 0 Å². The standard InChI is InChI=1S/C42H56N4O4/c1-9-13-19-49-41(47)17-15-31-27(7)34-21-33-25(5)29(11-3)37(43-33)22-35-26(6)30(12-4)38(44-35)23-36-28(8)32(40(46-36)24-39(31)45-34)16-18-42(48)50-20-14-10-2/h21-24,43-46H,9-20H2,1-8H3. The van der Waals surface area contributed by atoms with Gasteiger partial charge < -0.3 is 29.4 Å². The number of H-pyrrole nitrogens is 4. The Morgan fingerprint density at radius 3 is 1.46 bits per heavy atom. The van der Waals surface area contributed by atoms with Crippen molar-refractivity contribution < 1.29 is 19.1 Å². The van der Waals surface area contributed by atoms with Crippen LogP contribution in [0.25, 0.3) is 24.3 Å². The molecule has 0 spiro atoms. The molecule has 8 nitrogen and oxygen atoms in total. The molecule has 5 rings (SSSR count). The van der Waals surface area contributed by atoms with E-state index in [9.17, 15) is 9.59 Å². The highest BCUT2D eigenvalue weighted by molar-refractivity contribution is 5.72. The average molecular weight is 681 g/mol. The van der Waals surface area contributed by atoms with Crippen LogP contribution in [-0.4, -0.2) is 45.1 Å². The molecule has 268 valence electrons. The molecule has 4 N–H and O–H groups in total. The summed E-state index contributed by atoms with van der Waals surface area (Å²) in [5.74, 6) is -0.354. The maximum absolute atomic E-state index is 12.8. The number of fused-ring (bicyclic) bond motifs is 8. The van der Waals surface area contributed by atoms with Crippen LogP contribution in [-0.2, 0) is 44.7 Å². The van der Waals surface area contributed by atoms with Gasteiger partial charge in [-0.2, -0.15) is 0 Å². The maximum atomic E-state index is 12.8. The summed E-state index contributed by atoms with van der Waals surface area (Å²) >= 11 is 0. The lowest BCUT2D eigenvalue weighted by molar-refractivity contribution is -0.144. The lowest BCUT2D eigenvalue weighted by Gasteiger charge is -2.06. The summed E-state index contributed by atoms with van der Waals surface area (Å²) in [5, 5.41) is 4.12. The normalized spacial score (nSPS) is 12.2. The summed E-state index contributed by atoms with van der Waals surface area (Å²) in [5.41, 5.74) is 13.6. The quantitative estimate of drug-likeness (QED) is 0.0911. The topological polar surface area (TPSA) is 116 Å². The van der Waals surface area contributed by atoms with Gasteiger partial charge in [0.05, 0.1) is 13.2 Å². The number of aromatic amines is 4. The van der Waals surface area contributed by atoms with Crippen LogP contribution in [0.3, 0.4) is 0 Å². The molecule has 0 fully saturated rings. The Morgan fingerprint density at radius 1 is 0.500 bits per heavy atom. The highest BCUT2D eigenvalue weighted by Gasteiger charge is 2.18. The van der Waals surface area contributed by atoms with Crippen LogP contribution in [0.1, 0.15) is 134 Å². The number of rotatable bonds is 14. The summed E-state index contributed by atoms with van der Waals surface area (Å²) in [4.78, 5) is 40.4. The number of esters is 2. The van der Waals surface area contributed by atoms with Crippen molar-refractivity contribution in [3.05, 3.63) is 88.7 Å². The number of carbonyl (C=O) groups is 2. The fourth-order valence-corrected chi connectivity index (χ4v) is 7.18. The predicted molar refractivity (Wildman–Crippen MR) is 202 cm³/mol. The highest BCUT2D eigenvalue weighted by atomic mass is 16.5. The van der Waals surface area contributed by atoms with E-state index in [1.807, 2.05) is 0 Å². The molecule has 8 heteroatoms. The summed E-state index contributed by atoms with van der Waals surface area (Å²) in [7, 11) is 0. The van der Waals surface area contributed by atoms with Crippen molar-refractivity contribution in [1.29, 1.82) is 0 Å². The Balaban J connectivity index is 1.74. The minimum absolute atomic E-state index is 0.177. The molecule has 5 heterocycles. The van der Waals surface area contributed by atoms with E-state index in [0.717, 1.165) is 105 Å². The van der Waals surface area contributed by atoms with Crippen LogP contribution in [0.2, 0.25) is 0 Å². The highest BCUT2D eigenvalue weighted by Crippen LogP contribution is 2.24. The number of unbranched alkanes of at least 4 members (excludes halogenated alkanes) is 2. The monoisotopic (exact) mass is 680 g/mol. The van der Waals surface area contributed by atoms with Crippen molar-refractivity contribution in [2.45, 2.75) is 120 Å². The second-order valence-corrected chi connectivity index (χ2v) is 13.7. The molecule has 0 unspecified atom stereocenters. The van der Waals surface area contributed by atoms with Crippen LogP contribution < -0.4 is 21.4 Å². The summed E-state index contributed by atoms with van der Waals surface area (Å²) < 4.78 is 11.1. The van der Waals surface area contributed by atoms with Crippen molar-refractivity contribution in [1.82, 2.24) is 19.9 Å². The van der Waals surface area contributed by atoms with Gasteiger partial charge in [0.25, 0.3) is 0 Å². The number of carbonyl (C=O) groups excluding carboxylic acids is 2. The first-order valence-corrected chi connectivity index (χ1v) is 18.7. The molecule has 1 aliphatic rings. The average Bonchev–Trinajstić information content (AvgIpc) is 3.75. The second kappa shape index (κ2) is 16.5. The van der Waals surface area contributed by atoms with Gasteiger partial charge in [0, 0.05) is 57.0 Å². The molecule has 0 saturated carbocycles. The van der Waals surface area contributed by atoms with E-state index in [0.29, 0.717) is 38.9 Å². The van der Waals surface area contributed by atoms with E-state index in [1.54, 1.807) is 0 Å². The molecule has 0 atom stereocenters. The number of hydrogen-bond acceptors (Lipinski definition) is 4. The lowest BCUT2D eigenvalue weighted by Crippen LogP contribution is -2.15. The Hall–Kier alpha value is -4.46. The molecular formula is C42H56N4O4. The zero-order chi connectivity index (χ0) is 35.9. The second-order valence-electron chi connectivity index (χ2n) is 13.7. The summed E-state index contributed by atoms with van der Waals surface area (Å²) in [6, 6.07) is 0. The smallest absolute Gasteiger partial charge is 0.306 e. The fraction of sp³-hybridized carbons (Fsp3) is 0.476. The van der Waals surface area contributed by atoms with Crippen molar-refractivity contribution in [2.24, 2.45) is 0 Å². The molecule has 0 amide bonds. The van der Waals surface area contributed by atoms with Crippen molar-refractivity contribution in [2.75, 3.05) is 13.2 Å². The third-order valence-electron chi connectivity index (χ3n) is 10.3. The molecule has 0 radical (unpaired) electrons. The van der Waals surface area contributed by atoms with Crippen LogP contribution in [0, 0.1) is 27.7 Å². The molecule has 8 bridgehead atoms. The lowest BCUT2D eigenvalue weighted by atomic mass is 10.0. The third-order valence-corrected chi connectivity index (χ3v) is 10.3. The first-order chi connectivity index (χ1) is 24.1. The van der Waals surface area contributed by atoms with E-state index >= 15 is 0 Å². The predicted octanol–water partition coefficient (Wildman–Crippen LogP) is 5.54. The molecule has 50 heavy (non-hydrogen) atoms. The molecule has 0 aromatic carbocycles. The molecule has 1 aliphatic heterocycles. The van der Waals surface area contributed by atoms with Crippen molar-refractivity contribution >= 4 is 36.2 Å². The van der Waals surface area contributed by atoms with Crippen LogP contribution in [0.4, 0.5) is 0 Å². The fourth-order valence-electron chi connectivity index (χ4n) is 7.18. The molecule has 4 aromatic heterocycles. The van der Waals surface area contributed by atoms with Crippen LogP contribution >= 0.6 is 0 Å². The van der Waals surface area contributed by atoms with Gasteiger partial charge in [0.1, 0.15) is 0 Å². The maximum Gasteiger partial charge on any atom is 0.306 e. The molecule has 0 aliphatic carbocycles. The van der Waals surface area contributed by atoms with Crippen molar-refractivity contribution in [3.63, 3.8) is 0 Å². The van der Waals surface area contributed by atoms with Gasteiger partial charge in [0.2, 0.25) is 0 Å². The van der Waals surface area contributed by atoms with E-state index in [1.165, 1.54) is 22.3 Å². The first-order valence-electron chi connectivity index (χ1n) is 18.7. The largest absolute Gasteiger partial charge is 0.466 e. The van der Waals surface area contributed by atoms with Gasteiger partial charge in [0.15, 0.2) is 0 Å². The number of hydrogen-bond donors (Lipinski definition) is 4. The summed E-state index contributed by atoms with van der Waals surface area (Å²) in [6.45, 7) is 18.1. The minimum Gasteiger partial charge on any atom is -0.466 e. The van der Waals surface area contributed by atoms with Gasteiger partial charge in [-0.05, 0) is 135 Å². The SMILES string of the molecule is CCCCOC(=O)CCc1c2[nH]c(c1C)C=c1[nH]c(c(C)c1CC)=Cc1[nH]c(c(C)c1CC)C=c1[nH]c(c(CCC(=O)OCCCC)c1C)=C2. The minimum atomic E-state index is -0.177. The zero-order valence-electron chi connectivity index (χ0n) is 31.4.